The van der Waals surface area contributed by atoms with Crippen LogP contribution in [-0.2, 0) is 34.5 Å². The van der Waals surface area contributed by atoms with Gasteiger partial charge >= 0.3 is 23.3 Å². The molecule has 3 atom stereocenters. The van der Waals surface area contributed by atoms with Gasteiger partial charge in [-0.25, -0.2) is 4.39 Å². The first-order chi connectivity index (χ1) is 18.2. The molecule has 1 saturated heterocycles. The summed E-state index contributed by atoms with van der Waals surface area (Å²) in [5.41, 5.74) is 1.78. The second kappa shape index (κ2) is 12.6. The Morgan fingerprint density at radius 3 is 2.46 bits per heavy atom. The number of aromatic nitrogens is 2. The lowest BCUT2D eigenvalue weighted by Gasteiger charge is -2.39. The Hall–Kier alpha value is -2.73. The molecule has 0 bridgehead atoms. The van der Waals surface area contributed by atoms with Crippen molar-refractivity contribution in [1.29, 1.82) is 0 Å². The van der Waals surface area contributed by atoms with Crippen LogP contribution in [0.5, 0.6) is 6.01 Å². The molecule has 0 N–H and O–H groups in total. The SMILES string of the molecule is COS(=O)Oc1nc(-c2ccc(F)cc2)c(/C=C/[C@@H]2C[C@H](CC(=O)OC(C)(C)C)OC(C)(C)O2)c(C(C)C)n1. The van der Waals surface area contributed by atoms with E-state index in [9.17, 15) is 13.4 Å². The van der Waals surface area contributed by atoms with E-state index in [0.717, 1.165) is 0 Å². The third kappa shape index (κ3) is 9.16. The molecule has 2 aromatic rings. The first-order valence-electron chi connectivity index (χ1n) is 12.7. The minimum absolute atomic E-state index is 0.0721. The van der Waals surface area contributed by atoms with Crippen LogP contribution in [0.2, 0.25) is 0 Å². The summed E-state index contributed by atoms with van der Waals surface area (Å²) < 4.78 is 53.1. The van der Waals surface area contributed by atoms with E-state index in [1.165, 1.54) is 19.2 Å². The molecule has 0 spiro atoms. The molecule has 214 valence electrons. The molecule has 1 aliphatic rings. The van der Waals surface area contributed by atoms with Gasteiger partial charge in [-0.1, -0.05) is 26.0 Å². The molecule has 1 unspecified atom stereocenters. The zero-order valence-electron chi connectivity index (χ0n) is 23.6. The van der Waals surface area contributed by atoms with E-state index < -0.39 is 28.9 Å². The molecule has 3 rings (SSSR count). The van der Waals surface area contributed by atoms with Gasteiger partial charge in [-0.15, -0.1) is 0 Å². The summed E-state index contributed by atoms with van der Waals surface area (Å²) in [4.78, 5) is 21.4. The largest absolute Gasteiger partial charge is 0.460 e. The maximum Gasteiger partial charge on any atom is 0.362 e. The van der Waals surface area contributed by atoms with Crippen LogP contribution in [0, 0.1) is 5.82 Å². The summed E-state index contributed by atoms with van der Waals surface area (Å²) in [5, 5.41) is 0. The predicted molar refractivity (Wildman–Crippen MR) is 145 cm³/mol. The third-order valence-electron chi connectivity index (χ3n) is 5.57. The first kappa shape index (κ1) is 30.8. The van der Waals surface area contributed by atoms with Gasteiger partial charge in [0, 0.05) is 17.5 Å². The highest BCUT2D eigenvalue weighted by atomic mass is 32.2. The zero-order chi connectivity index (χ0) is 29.0. The Balaban J connectivity index is 1.98. The van der Waals surface area contributed by atoms with E-state index in [-0.39, 0.29) is 36.2 Å². The van der Waals surface area contributed by atoms with E-state index in [2.05, 4.69) is 9.97 Å². The van der Waals surface area contributed by atoms with Crippen molar-refractivity contribution < 1.29 is 36.0 Å². The molecule has 1 aromatic heterocycles. The second-order valence-electron chi connectivity index (χ2n) is 11.0. The summed E-state index contributed by atoms with van der Waals surface area (Å²) in [6, 6.07) is 5.73. The smallest absolute Gasteiger partial charge is 0.362 e. The summed E-state index contributed by atoms with van der Waals surface area (Å²) >= 11 is -2.08. The highest BCUT2D eigenvalue weighted by Gasteiger charge is 2.36. The van der Waals surface area contributed by atoms with Gasteiger partial charge in [-0.2, -0.15) is 14.2 Å². The number of hydrogen-bond donors (Lipinski definition) is 0. The van der Waals surface area contributed by atoms with Gasteiger partial charge in [0.1, 0.15) is 11.4 Å². The molecule has 9 nitrogen and oxygen atoms in total. The lowest BCUT2D eigenvalue weighted by atomic mass is 9.97. The fourth-order valence-electron chi connectivity index (χ4n) is 4.19. The van der Waals surface area contributed by atoms with Gasteiger partial charge in [0.2, 0.25) is 0 Å². The van der Waals surface area contributed by atoms with Crippen molar-refractivity contribution in [3.8, 4) is 17.3 Å². The van der Waals surface area contributed by atoms with Crippen molar-refractivity contribution in [3.63, 3.8) is 0 Å². The fourth-order valence-corrected chi connectivity index (χ4v) is 4.46. The van der Waals surface area contributed by atoms with E-state index in [0.29, 0.717) is 28.9 Å². The van der Waals surface area contributed by atoms with Crippen molar-refractivity contribution in [2.75, 3.05) is 7.11 Å². The van der Waals surface area contributed by atoms with Crippen LogP contribution in [-0.4, -0.2) is 50.9 Å². The topological polar surface area (TPSA) is 106 Å². The summed E-state index contributed by atoms with van der Waals surface area (Å²) in [5.74, 6) is -1.73. The normalized spacial score (nSPS) is 20.3. The van der Waals surface area contributed by atoms with Crippen molar-refractivity contribution in [2.24, 2.45) is 0 Å². The molecule has 2 heterocycles. The third-order valence-corrected chi connectivity index (χ3v) is 6.13. The molecule has 1 aliphatic heterocycles. The molecule has 1 aromatic carbocycles. The van der Waals surface area contributed by atoms with Crippen LogP contribution >= 0.6 is 0 Å². The van der Waals surface area contributed by atoms with E-state index in [1.54, 1.807) is 26.0 Å². The number of carbonyl (C=O) groups is 1. The van der Waals surface area contributed by atoms with Crippen LogP contribution in [0.1, 0.15) is 78.5 Å². The predicted octanol–water partition coefficient (Wildman–Crippen LogP) is 5.67. The lowest BCUT2D eigenvalue weighted by molar-refractivity contribution is -0.290. The quantitative estimate of drug-likeness (QED) is 0.356. The number of hydrogen-bond acceptors (Lipinski definition) is 9. The van der Waals surface area contributed by atoms with Crippen molar-refractivity contribution in [1.82, 2.24) is 9.97 Å². The van der Waals surface area contributed by atoms with Crippen molar-refractivity contribution in [2.45, 2.75) is 90.8 Å². The average molecular weight is 565 g/mol. The highest BCUT2D eigenvalue weighted by molar-refractivity contribution is 7.75. The minimum Gasteiger partial charge on any atom is -0.460 e. The molecular formula is C28H37FN2O7S. The molecule has 1 fully saturated rings. The van der Waals surface area contributed by atoms with Crippen LogP contribution in [0.4, 0.5) is 4.39 Å². The van der Waals surface area contributed by atoms with Gasteiger partial charge in [-0.05, 0) is 64.8 Å². The molecule has 0 aliphatic carbocycles. The van der Waals surface area contributed by atoms with Gasteiger partial charge < -0.3 is 18.4 Å². The fraction of sp³-hybridized carbons (Fsp3) is 0.536. The number of halogens is 1. The van der Waals surface area contributed by atoms with Crippen LogP contribution in [0.25, 0.3) is 17.3 Å². The molecule has 0 radical (unpaired) electrons. The summed E-state index contributed by atoms with van der Waals surface area (Å²) in [6.45, 7) is 13.0. The Labute approximate surface area is 231 Å². The number of benzene rings is 1. The zero-order valence-corrected chi connectivity index (χ0v) is 24.5. The monoisotopic (exact) mass is 564 g/mol. The lowest BCUT2D eigenvalue weighted by Crippen LogP contribution is -2.45. The number of nitrogens with zero attached hydrogens (tertiary/aromatic N) is 2. The standard InChI is InChI=1S/C28H37FN2O7S/c1-17(2)24-22(25(18-9-11-19(29)12-10-18)31-26(30-24)38-39(33)34-8)14-13-20-15-21(36-28(6,7)35-20)16-23(32)37-27(3,4)5/h9-14,17,20-21H,15-16H2,1-8H3/b14-13+/t20-,21-,39?/m1/s1. The van der Waals surface area contributed by atoms with Crippen LogP contribution in [0.15, 0.2) is 30.3 Å². The Morgan fingerprint density at radius 1 is 1.21 bits per heavy atom. The van der Waals surface area contributed by atoms with Gasteiger partial charge in [0.15, 0.2) is 5.79 Å². The van der Waals surface area contributed by atoms with E-state index in [1.807, 2.05) is 46.8 Å². The highest BCUT2D eigenvalue weighted by Crippen LogP contribution is 2.34. The maximum atomic E-state index is 13.7. The van der Waals surface area contributed by atoms with Gasteiger partial charge in [-0.3, -0.25) is 8.98 Å². The second-order valence-corrected chi connectivity index (χ2v) is 11.9. The number of carbonyl (C=O) groups excluding carboxylic acids is 1. The van der Waals surface area contributed by atoms with Gasteiger partial charge in [0.05, 0.1) is 37.1 Å². The molecule has 39 heavy (non-hydrogen) atoms. The minimum atomic E-state index is -2.08. The summed E-state index contributed by atoms with van der Waals surface area (Å²) in [7, 11) is 1.24. The number of ether oxygens (including phenoxy) is 3. The number of esters is 1. The first-order valence-corrected chi connectivity index (χ1v) is 13.7. The van der Waals surface area contributed by atoms with Crippen molar-refractivity contribution >= 4 is 23.4 Å². The average Bonchev–Trinajstić information content (AvgIpc) is 2.80. The maximum absolute atomic E-state index is 13.7. The number of rotatable bonds is 9. The van der Waals surface area contributed by atoms with Crippen molar-refractivity contribution in [3.05, 3.63) is 47.4 Å². The van der Waals surface area contributed by atoms with E-state index in [4.69, 9.17) is 22.6 Å². The molecule has 0 saturated carbocycles. The Bertz CT molecular complexity index is 1210. The van der Waals surface area contributed by atoms with Gasteiger partial charge in [0.25, 0.3) is 0 Å². The molecular weight excluding hydrogens is 527 g/mol. The summed E-state index contributed by atoms with van der Waals surface area (Å²) in [6.07, 6.45) is 3.45. The molecule has 0 amide bonds. The Morgan fingerprint density at radius 2 is 1.87 bits per heavy atom. The molecule has 11 heteroatoms. The van der Waals surface area contributed by atoms with Crippen LogP contribution in [0.3, 0.4) is 0 Å². The Kier molecular flexibility index (Phi) is 9.98. The van der Waals surface area contributed by atoms with E-state index >= 15 is 0 Å². The van der Waals surface area contributed by atoms with Crippen LogP contribution < -0.4 is 4.18 Å².